The molecule has 2 N–H and O–H groups in total. The van der Waals surface area contributed by atoms with E-state index in [1.54, 1.807) is 6.07 Å². The Bertz CT molecular complexity index is 384. The molecule has 0 unspecified atom stereocenters. The van der Waals surface area contributed by atoms with Gasteiger partial charge in [0.2, 0.25) is 0 Å². The van der Waals surface area contributed by atoms with E-state index in [4.69, 9.17) is 5.73 Å². The van der Waals surface area contributed by atoms with Crippen LogP contribution in [-0.4, -0.2) is 6.04 Å². The summed E-state index contributed by atoms with van der Waals surface area (Å²) in [6.07, 6.45) is -3.35. The average Bonchev–Trinajstić information content (AvgIpc) is 2.96. The number of rotatable bonds is 2. The molecule has 1 aliphatic carbocycles. The highest BCUT2D eigenvalue weighted by molar-refractivity contribution is 5.32. The number of alkyl halides is 3. The number of hydrogen-bond acceptors (Lipinski definition) is 1. The molecule has 0 radical (unpaired) electrons. The van der Waals surface area contributed by atoms with Crippen LogP contribution in [0.25, 0.3) is 0 Å². The summed E-state index contributed by atoms with van der Waals surface area (Å²) in [5, 5.41) is 0. The van der Waals surface area contributed by atoms with Crippen LogP contribution in [-0.2, 0) is 6.18 Å². The lowest BCUT2D eigenvalue weighted by Crippen LogP contribution is -2.18. The van der Waals surface area contributed by atoms with Crippen LogP contribution in [0.5, 0.6) is 0 Å². The summed E-state index contributed by atoms with van der Waals surface area (Å²) in [5.41, 5.74) is 5.92. The van der Waals surface area contributed by atoms with Gasteiger partial charge in [0.1, 0.15) is 0 Å². The van der Waals surface area contributed by atoms with Crippen LogP contribution >= 0.6 is 0 Å². The van der Waals surface area contributed by atoms with Gasteiger partial charge in [-0.1, -0.05) is 18.2 Å². The lowest BCUT2D eigenvalue weighted by Gasteiger charge is -2.09. The second kappa shape index (κ2) is 3.77. The lowest BCUT2D eigenvalue weighted by molar-refractivity contribution is -0.137. The Morgan fingerprint density at radius 2 is 2.06 bits per heavy atom. The molecule has 0 bridgehead atoms. The zero-order valence-electron chi connectivity index (χ0n) is 8.96. The fraction of sp³-hybridized carbons (Fsp3) is 0.500. The first-order valence-electron chi connectivity index (χ1n) is 5.32. The van der Waals surface area contributed by atoms with E-state index < -0.39 is 11.7 Å². The molecule has 1 saturated carbocycles. The van der Waals surface area contributed by atoms with E-state index in [1.807, 2.05) is 6.92 Å². The van der Waals surface area contributed by atoms with Crippen LogP contribution < -0.4 is 5.73 Å². The van der Waals surface area contributed by atoms with Crippen LogP contribution in [0.3, 0.4) is 0 Å². The van der Waals surface area contributed by atoms with Gasteiger partial charge in [0.05, 0.1) is 5.56 Å². The largest absolute Gasteiger partial charge is 0.416 e. The highest BCUT2D eigenvalue weighted by Crippen LogP contribution is 2.49. The summed E-state index contributed by atoms with van der Waals surface area (Å²) in [4.78, 5) is 0. The maximum atomic E-state index is 12.5. The minimum absolute atomic E-state index is 0.0551. The van der Waals surface area contributed by atoms with Gasteiger partial charge in [-0.15, -0.1) is 0 Å². The molecule has 88 valence electrons. The predicted octanol–water partition coefficient (Wildman–Crippen LogP) is 3.16. The van der Waals surface area contributed by atoms with E-state index in [9.17, 15) is 13.2 Å². The molecule has 1 aromatic rings. The first-order valence-corrected chi connectivity index (χ1v) is 5.32. The summed E-state index contributed by atoms with van der Waals surface area (Å²) in [6.45, 7) is 1.90. The molecule has 2 rings (SSSR count). The number of halogens is 3. The van der Waals surface area contributed by atoms with Crippen molar-refractivity contribution >= 4 is 0 Å². The fourth-order valence-electron chi connectivity index (χ4n) is 2.12. The summed E-state index contributed by atoms with van der Waals surface area (Å²) in [5.74, 6) is 0.547. The highest BCUT2D eigenvalue weighted by atomic mass is 19.4. The van der Waals surface area contributed by atoms with Crippen molar-refractivity contribution in [2.45, 2.75) is 31.5 Å². The Morgan fingerprint density at radius 1 is 1.38 bits per heavy atom. The molecule has 4 heteroatoms. The second-order valence-corrected chi connectivity index (χ2v) is 4.49. The van der Waals surface area contributed by atoms with Crippen LogP contribution in [0, 0.1) is 5.92 Å². The van der Waals surface area contributed by atoms with Crippen molar-refractivity contribution in [1.29, 1.82) is 0 Å². The molecule has 16 heavy (non-hydrogen) atoms. The molecule has 1 fully saturated rings. The van der Waals surface area contributed by atoms with Crippen molar-refractivity contribution in [2.75, 3.05) is 0 Å². The van der Waals surface area contributed by atoms with Crippen LogP contribution in [0.4, 0.5) is 13.2 Å². The van der Waals surface area contributed by atoms with E-state index in [-0.39, 0.29) is 12.0 Å². The predicted molar refractivity (Wildman–Crippen MR) is 55.9 cm³/mol. The molecule has 0 saturated heterocycles. The maximum absolute atomic E-state index is 12.5. The van der Waals surface area contributed by atoms with E-state index >= 15 is 0 Å². The summed E-state index contributed by atoms with van der Waals surface area (Å²) >= 11 is 0. The minimum Gasteiger partial charge on any atom is -0.328 e. The third-order valence-electron chi connectivity index (χ3n) is 3.16. The Balaban J connectivity index is 2.19. The minimum atomic E-state index is -4.26. The SMILES string of the molecule is C[C@H](N)[C@H]1C[C@@H]1c1cccc(C(F)(F)F)c1. The van der Waals surface area contributed by atoms with Gasteiger partial charge in [0, 0.05) is 6.04 Å². The van der Waals surface area contributed by atoms with Crippen LogP contribution in [0.15, 0.2) is 24.3 Å². The van der Waals surface area contributed by atoms with Crippen molar-refractivity contribution in [3.63, 3.8) is 0 Å². The Morgan fingerprint density at radius 3 is 2.56 bits per heavy atom. The van der Waals surface area contributed by atoms with Crippen LogP contribution in [0.2, 0.25) is 0 Å². The number of hydrogen-bond donors (Lipinski definition) is 1. The van der Waals surface area contributed by atoms with E-state index in [0.29, 0.717) is 5.92 Å². The topological polar surface area (TPSA) is 26.0 Å². The number of nitrogens with two attached hydrogens (primary N) is 1. The second-order valence-electron chi connectivity index (χ2n) is 4.49. The quantitative estimate of drug-likeness (QED) is 0.828. The molecule has 0 aliphatic heterocycles. The van der Waals surface area contributed by atoms with Crippen molar-refractivity contribution in [1.82, 2.24) is 0 Å². The van der Waals surface area contributed by atoms with Gasteiger partial charge in [0.15, 0.2) is 0 Å². The normalized spacial score (nSPS) is 26.6. The first kappa shape index (κ1) is 11.5. The molecular weight excluding hydrogens is 215 g/mol. The molecule has 1 aromatic carbocycles. The fourth-order valence-corrected chi connectivity index (χ4v) is 2.12. The third-order valence-corrected chi connectivity index (χ3v) is 3.16. The third kappa shape index (κ3) is 2.21. The standard InChI is InChI=1S/C12H14F3N/c1-7(16)10-6-11(10)8-3-2-4-9(5-8)12(13,14)15/h2-5,7,10-11H,6,16H2,1H3/t7-,10+,11+/m0/s1. The van der Waals surface area contributed by atoms with Crippen molar-refractivity contribution in [3.8, 4) is 0 Å². The summed E-state index contributed by atoms with van der Waals surface area (Å²) < 4.78 is 37.4. The Hall–Kier alpha value is -1.03. The maximum Gasteiger partial charge on any atom is 0.416 e. The first-order chi connectivity index (χ1) is 7.39. The average molecular weight is 229 g/mol. The zero-order chi connectivity index (χ0) is 11.9. The van der Waals surface area contributed by atoms with Gasteiger partial charge in [0.25, 0.3) is 0 Å². The summed E-state index contributed by atoms with van der Waals surface area (Å²) in [6, 6.07) is 5.62. The summed E-state index contributed by atoms with van der Waals surface area (Å²) in [7, 11) is 0. The number of benzene rings is 1. The van der Waals surface area contributed by atoms with Gasteiger partial charge in [-0.05, 0) is 36.8 Å². The monoisotopic (exact) mass is 229 g/mol. The van der Waals surface area contributed by atoms with E-state index in [1.165, 1.54) is 12.1 Å². The van der Waals surface area contributed by atoms with Gasteiger partial charge >= 0.3 is 6.18 Å². The van der Waals surface area contributed by atoms with Crippen molar-refractivity contribution in [3.05, 3.63) is 35.4 Å². The molecule has 0 amide bonds. The Kier molecular flexibility index (Phi) is 2.70. The molecule has 0 spiro atoms. The van der Waals surface area contributed by atoms with Crippen molar-refractivity contribution < 1.29 is 13.2 Å². The zero-order valence-corrected chi connectivity index (χ0v) is 8.96. The van der Waals surface area contributed by atoms with Gasteiger partial charge in [-0.2, -0.15) is 13.2 Å². The molecule has 3 atom stereocenters. The molecule has 0 heterocycles. The van der Waals surface area contributed by atoms with E-state index in [2.05, 4.69) is 0 Å². The highest BCUT2D eigenvalue weighted by Gasteiger charge is 2.41. The molecular formula is C12H14F3N. The molecule has 1 nitrogen and oxygen atoms in total. The van der Waals surface area contributed by atoms with E-state index in [0.717, 1.165) is 18.1 Å². The van der Waals surface area contributed by atoms with Gasteiger partial charge in [-0.25, -0.2) is 0 Å². The molecule has 1 aliphatic rings. The van der Waals surface area contributed by atoms with Gasteiger partial charge < -0.3 is 5.73 Å². The van der Waals surface area contributed by atoms with Gasteiger partial charge in [-0.3, -0.25) is 0 Å². The van der Waals surface area contributed by atoms with Crippen LogP contribution in [0.1, 0.15) is 30.4 Å². The van der Waals surface area contributed by atoms with Crippen molar-refractivity contribution in [2.24, 2.45) is 11.7 Å². The Labute approximate surface area is 92.5 Å². The molecule has 0 aromatic heterocycles. The smallest absolute Gasteiger partial charge is 0.328 e. The lowest BCUT2D eigenvalue weighted by atomic mass is 10.0.